The number of carbonyl (C=O) groups excluding carboxylic acids is 1. The lowest BCUT2D eigenvalue weighted by molar-refractivity contribution is 0.102. The van der Waals surface area contributed by atoms with E-state index in [1.54, 1.807) is 6.20 Å². The third-order valence-electron chi connectivity index (χ3n) is 5.63. The molecular weight excluding hydrogens is 340 g/mol. The standard InChI is InChI=1S/C20H26N6O/c1-4-26-9-7-14(8-10-26)22-20-21-11-15-18(25-20)24-17-13(3)12(2)5-6-16(17)23-19(15)27/h5-6,11,14H,4,7-10H2,1-3H3,(H,23,27)(H2,21,22,24,25). The van der Waals surface area contributed by atoms with Gasteiger partial charge in [-0.05, 0) is 50.4 Å². The van der Waals surface area contributed by atoms with Crippen LogP contribution in [0.15, 0.2) is 18.3 Å². The minimum atomic E-state index is -0.192. The van der Waals surface area contributed by atoms with E-state index in [9.17, 15) is 4.79 Å². The van der Waals surface area contributed by atoms with Crippen molar-refractivity contribution in [1.82, 2.24) is 14.9 Å². The number of benzene rings is 1. The number of fused-ring (bicyclic) bond motifs is 2. The van der Waals surface area contributed by atoms with Crippen LogP contribution in [0.25, 0.3) is 0 Å². The number of piperidine rings is 1. The SMILES string of the molecule is CCN1CCC(Nc2ncc3c(n2)Nc2c(ccc(C)c2C)NC3=O)CC1. The Labute approximate surface area is 159 Å². The zero-order valence-electron chi connectivity index (χ0n) is 16.1. The average Bonchev–Trinajstić information content (AvgIpc) is 2.82. The molecule has 1 amide bonds. The summed E-state index contributed by atoms with van der Waals surface area (Å²) in [5.74, 6) is 0.920. The number of anilines is 4. The van der Waals surface area contributed by atoms with Gasteiger partial charge in [-0.1, -0.05) is 13.0 Å². The summed E-state index contributed by atoms with van der Waals surface area (Å²) in [6.45, 7) is 9.57. The third kappa shape index (κ3) is 3.47. The zero-order valence-corrected chi connectivity index (χ0v) is 16.1. The summed E-state index contributed by atoms with van der Waals surface area (Å²) in [6, 6.07) is 4.29. The molecule has 7 nitrogen and oxygen atoms in total. The molecule has 0 saturated carbocycles. The molecule has 3 N–H and O–H groups in total. The molecule has 1 fully saturated rings. The van der Waals surface area contributed by atoms with Crippen molar-refractivity contribution >= 4 is 29.0 Å². The van der Waals surface area contributed by atoms with Crippen LogP contribution in [0, 0.1) is 13.8 Å². The summed E-state index contributed by atoms with van der Waals surface area (Å²) in [7, 11) is 0. The van der Waals surface area contributed by atoms with Crippen molar-refractivity contribution in [3.8, 4) is 0 Å². The second kappa shape index (κ2) is 7.15. The first-order valence-corrected chi connectivity index (χ1v) is 9.59. The second-order valence-electron chi connectivity index (χ2n) is 7.32. The van der Waals surface area contributed by atoms with Crippen molar-refractivity contribution in [3.05, 3.63) is 35.0 Å². The van der Waals surface area contributed by atoms with E-state index in [1.807, 2.05) is 19.1 Å². The van der Waals surface area contributed by atoms with Gasteiger partial charge in [-0.15, -0.1) is 0 Å². The molecule has 4 rings (SSSR count). The summed E-state index contributed by atoms with van der Waals surface area (Å²) in [5.41, 5.74) is 4.37. The van der Waals surface area contributed by atoms with E-state index in [0.29, 0.717) is 23.4 Å². The second-order valence-corrected chi connectivity index (χ2v) is 7.32. The van der Waals surface area contributed by atoms with Crippen LogP contribution in [0.1, 0.15) is 41.3 Å². The molecule has 142 valence electrons. The molecule has 7 heteroatoms. The van der Waals surface area contributed by atoms with Crippen molar-refractivity contribution in [2.45, 2.75) is 39.7 Å². The predicted octanol–water partition coefficient (Wildman–Crippen LogP) is 3.30. The molecule has 27 heavy (non-hydrogen) atoms. The van der Waals surface area contributed by atoms with E-state index in [0.717, 1.165) is 55.0 Å². The molecule has 0 unspecified atom stereocenters. The van der Waals surface area contributed by atoms with E-state index >= 15 is 0 Å². The minimum Gasteiger partial charge on any atom is -0.351 e. The lowest BCUT2D eigenvalue weighted by Gasteiger charge is -2.31. The van der Waals surface area contributed by atoms with Crippen LogP contribution >= 0.6 is 0 Å². The number of carbonyl (C=O) groups is 1. The minimum absolute atomic E-state index is 0.192. The van der Waals surface area contributed by atoms with E-state index in [2.05, 4.69) is 44.7 Å². The molecule has 0 bridgehead atoms. The van der Waals surface area contributed by atoms with E-state index in [1.165, 1.54) is 0 Å². The lowest BCUT2D eigenvalue weighted by atomic mass is 10.1. The van der Waals surface area contributed by atoms with Crippen molar-refractivity contribution in [1.29, 1.82) is 0 Å². The highest BCUT2D eigenvalue weighted by molar-refractivity contribution is 6.11. The smallest absolute Gasteiger partial charge is 0.261 e. The topological polar surface area (TPSA) is 82.2 Å². The van der Waals surface area contributed by atoms with Gasteiger partial charge in [-0.3, -0.25) is 4.79 Å². The highest BCUT2D eigenvalue weighted by atomic mass is 16.1. The van der Waals surface area contributed by atoms with Gasteiger partial charge in [0, 0.05) is 25.3 Å². The molecular formula is C20H26N6O. The van der Waals surface area contributed by atoms with Crippen molar-refractivity contribution < 1.29 is 4.79 Å². The molecule has 1 saturated heterocycles. The maximum absolute atomic E-state index is 12.6. The van der Waals surface area contributed by atoms with Crippen LogP contribution < -0.4 is 16.0 Å². The number of aryl methyl sites for hydroxylation is 1. The summed E-state index contributed by atoms with van der Waals surface area (Å²) in [6.07, 6.45) is 3.74. The number of rotatable bonds is 3. The van der Waals surface area contributed by atoms with Crippen LogP contribution in [-0.2, 0) is 0 Å². The van der Waals surface area contributed by atoms with Gasteiger partial charge in [0.2, 0.25) is 5.95 Å². The fraction of sp³-hybridized carbons (Fsp3) is 0.450. The Balaban J connectivity index is 1.59. The number of likely N-dealkylation sites (tertiary alicyclic amines) is 1. The lowest BCUT2D eigenvalue weighted by Crippen LogP contribution is -2.39. The Hall–Kier alpha value is -2.67. The maximum Gasteiger partial charge on any atom is 0.261 e. The maximum atomic E-state index is 12.6. The summed E-state index contributed by atoms with van der Waals surface area (Å²) >= 11 is 0. The highest BCUT2D eigenvalue weighted by Gasteiger charge is 2.24. The molecule has 1 aromatic heterocycles. The normalized spacial score (nSPS) is 17.4. The summed E-state index contributed by atoms with van der Waals surface area (Å²) in [5, 5.41) is 9.75. The van der Waals surface area contributed by atoms with E-state index in [4.69, 9.17) is 0 Å². The highest BCUT2D eigenvalue weighted by Crippen LogP contribution is 2.35. The quantitative estimate of drug-likeness (QED) is 0.773. The molecule has 3 heterocycles. The van der Waals surface area contributed by atoms with Crippen LogP contribution in [0.5, 0.6) is 0 Å². The number of nitrogens with zero attached hydrogens (tertiary/aromatic N) is 3. The Morgan fingerprint density at radius 1 is 1.22 bits per heavy atom. The molecule has 0 radical (unpaired) electrons. The van der Waals surface area contributed by atoms with Gasteiger partial charge < -0.3 is 20.9 Å². The zero-order chi connectivity index (χ0) is 19.0. The average molecular weight is 366 g/mol. The van der Waals surface area contributed by atoms with Gasteiger partial charge in [-0.25, -0.2) is 4.98 Å². The first kappa shape index (κ1) is 17.7. The number of aromatic nitrogens is 2. The van der Waals surface area contributed by atoms with Gasteiger partial charge in [-0.2, -0.15) is 4.98 Å². The largest absolute Gasteiger partial charge is 0.351 e. The molecule has 2 aromatic rings. The van der Waals surface area contributed by atoms with Gasteiger partial charge >= 0.3 is 0 Å². The number of amides is 1. The predicted molar refractivity (Wildman–Crippen MR) is 108 cm³/mol. The molecule has 2 aliphatic rings. The molecule has 0 spiro atoms. The van der Waals surface area contributed by atoms with Crippen LogP contribution in [-0.4, -0.2) is 46.5 Å². The van der Waals surface area contributed by atoms with Gasteiger partial charge in [0.05, 0.1) is 11.4 Å². The Morgan fingerprint density at radius 3 is 2.74 bits per heavy atom. The summed E-state index contributed by atoms with van der Waals surface area (Å²) in [4.78, 5) is 24.0. The number of hydrogen-bond donors (Lipinski definition) is 3. The number of nitrogens with one attached hydrogen (secondary N) is 3. The molecule has 0 aliphatic carbocycles. The fourth-order valence-electron chi connectivity index (χ4n) is 3.68. The fourth-order valence-corrected chi connectivity index (χ4v) is 3.68. The van der Waals surface area contributed by atoms with Gasteiger partial charge in [0.25, 0.3) is 5.91 Å². The molecule has 0 atom stereocenters. The van der Waals surface area contributed by atoms with E-state index in [-0.39, 0.29) is 5.91 Å². The van der Waals surface area contributed by atoms with Crippen LogP contribution in [0.3, 0.4) is 0 Å². The third-order valence-corrected chi connectivity index (χ3v) is 5.63. The molecule has 1 aromatic carbocycles. The van der Waals surface area contributed by atoms with Crippen molar-refractivity contribution in [2.75, 3.05) is 35.6 Å². The Morgan fingerprint density at radius 2 is 2.00 bits per heavy atom. The summed E-state index contributed by atoms with van der Waals surface area (Å²) < 4.78 is 0. The van der Waals surface area contributed by atoms with Gasteiger partial charge in [0.15, 0.2) is 0 Å². The first-order chi connectivity index (χ1) is 13.0. The van der Waals surface area contributed by atoms with Crippen LogP contribution in [0.2, 0.25) is 0 Å². The van der Waals surface area contributed by atoms with Gasteiger partial charge in [0.1, 0.15) is 11.4 Å². The Bertz CT molecular complexity index is 873. The van der Waals surface area contributed by atoms with Crippen molar-refractivity contribution in [2.24, 2.45) is 0 Å². The van der Waals surface area contributed by atoms with Crippen LogP contribution in [0.4, 0.5) is 23.1 Å². The number of hydrogen-bond acceptors (Lipinski definition) is 6. The van der Waals surface area contributed by atoms with Crippen molar-refractivity contribution in [3.63, 3.8) is 0 Å². The van der Waals surface area contributed by atoms with E-state index < -0.39 is 0 Å². The first-order valence-electron chi connectivity index (χ1n) is 9.59. The monoisotopic (exact) mass is 366 g/mol. The molecule has 2 aliphatic heterocycles. The Kier molecular flexibility index (Phi) is 4.70.